The maximum atomic E-state index is 12.0. The van der Waals surface area contributed by atoms with E-state index in [-0.39, 0.29) is 23.1 Å². The van der Waals surface area contributed by atoms with Crippen molar-refractivity contribution >= 4 is 11.7 Å². The van der Waals surface area contributed by atoms with Crippen LogP contribution in [0, 0.1) is 5.41 Å². The van der Waals surface area contributed by atoms with Crippen LogP contribution in [0.3, 0.4) is 0 Å². The molecule has 0 aliphatic carbocycles. The van der Waals surface area contributed by atoms with Gasteiger partial charge in [-0.3, -0.25) is 9.59 Å². The molecule has 1 heterocycles. The Labute approximate surface area is 85.5 Å². The number of hydrogen-bond donors (Lipinski definition) is 0. The van der Waals surface area contributed by atoms with Crippen molar-refractivity contribution in [2.45, 2.75) is 46.6 Å². The molecule has 14 heavy (non-hydrogen) atoms. The van der Waals surface area contributed by atoms with E-state index in [2.05, 4.69) is 0 Å². The van der Waals surface area contributed by atoms with Crippen LogP contribution >= 0.6 is 0 Å². The first-order valence-electron chi connectivity index (χ1n) is 5.15. The van der Waals surface area contributed by atoms with Crippen molar-refractivity contribution in [2.75, 3.05) is 6.54 Å². The maximum absolute atomic E-state index is 12.0. The molecule has 0 aromatic rings. The monoisotopic (exact) mass is 197 g/mol. The average molecular weight is 197 g/mol. The number of amides is 1. The average Bonchev–Trinajstić information content (AvgIpc) is 2.48. The zero-order valence-electron chi connectivity index (χ0n) is 9.46. The van der Waals surface area contributed by atoms with E-state index in [0.29, 0.717) is 0 Å². The topological polar surface area (TPSA) is 37.4 Å². The van der Waals surface area contributed by atoms with Gasteiger partial charge >= 0.3 is 0 Å². The van der Waals surface area contributed by atoms with Gasteiger partial charge < -0.3 is 4.90 Å². The lowest BCUT2D eigenvalue weighted by atomic mass is 9.85. The summed E-state index contributed by atoms with van der Waals surface area (Å²) in [6.07, 6.45) is 1.78. The number of nitrogens with zero attached hydrogens (tertiary/aromatic N) is 1. The smallest absolute Gasteiger partial charge is 0.220 e. The van der Waals surface area contributed by atoms with Gasteiger partial charge in [-0.05, 0) is 12.8 Å². The number of likely N-dealkylation sites (tertiary alicyclic amines) is 1. The number of Topliss-reactive ketones (excluding diaryl/α,β-unsaturated/α-hetero) is 1. The van der Waals surface area contributed by atoms with E-state index in [4.69, 9.17) is 0 Å². The normalized spacial score (nSPS) is 22.6. The highest BCUT2D eigenvalue weighted by atomic mass is 16.2. The molecular formula is C11H19NO2. The van der Waals surface area contributed by atoms with Gasteiger partial charge in [0.05, 0.1) is 6.04 Å². The van der Waals surface area contributed by atoms with Crippen LogP contribution in [0.1, 0.15) is 40.5 Å². The van der Waals surface area contributed by atoms with Gasteiger partial charge in [-0.15, -0.1) is 0 Å². The highest BCUT2D eigenvalue weighted by molar-refractivity contribution is 5.92. The van der Waals surface area contributed by atoms with Crippen LogP contribution in [0.25, 0.3) is 0 Å². The molecule has 3 heteroatoms. The third kappa shape index (κ3) is 2.14. The number of hydrogen-bond acceptors (Lipinski definition) is 2. The van der Waals surface area contributed by atoms with E-state index in [1.54, 1.807) is 4.90 Å². The summed E-state index contributed by atoms with van der Waals surface area (Å²) < 4.78 is 0. The highest BCUT2D eigenvalue weighted by Gasteiger charge is 2.37. The molecule has 0 aromatic carbocycles. The molecule has 1 aliphatic heterocycles. The van der Waals surface area contributed by atoms with E-state index in [0.717, 1.165) is 19.4 Å². The molecule has 0 N–H and O–H groups in total. The lowest BCUT2D eigenvalue weighted by Gasteiger charge is -2.28. The Morgan fingerprint density at radius 2 is 1.86 bits per heavy atom. The Bertz CT molecular complexity index is 253. The maximum Gasteiger partial charge on any atom is 0.220 e. The Balaban J connectivity index is 2.77. The van der Waals surface area contributed by atoms with Crippen LogP contribution in [0.4, 0.5) is 0 Å². The molecule has 1 rings (SSSR count). The van der Waals surface area contributed by atoms with E-state index in [9.17, 15) is 9.59 Å². The molecule has 80 valence electrons. The minimum atomic E-state index is -0.345. The zero-order valence-corrected chi connectivity index (χ0v) is 9.46. The first-order chi connectivity index (χ1) is 6.34. The van der Waals surface area contributed by atoms with E-state index < -0.39 is 0 Å². The van der Waals surface area contributed by atoms with E-state index in [1.165, 1.54) is 6.92 Å². The zero-order chi connectivity index (χ0) is 10.9. The first-order valence-corrected chi connectivity index (χ1v) is 5.15. The van der Waals surface area contributed by atoms with E-state index >= 15 is 0 Å². The molecule has 1 aliphatic rings. The fraction of sp³-hybridized carbons (Fsp3) is 0.818. The summed E-state index contributed by atoms with van der Waals surface area (Å²) in [5, 5.41) is 0. The lowest BCUT2D eigenvalue weighted by molar-refractivity contribution is -0.139. The SMILES string of the molecule is CC(=O)N1CCC[C@H]1C(=O)C(C)(C)C. The van der Waals surface area contributed by atoms with Crippen molar-refractivity contribution in [1.82, 2.24) is 4.90 Å². The van der Waals surface area contributed by atoms with Gasteiger partial charge in [-0.1, -0.05) is 20.8 Å². The number of ketones is 1. The third-order valence-electron chi connectivity index (χ3n) is 2.70. The number of rotatable bonds is 1. The van der Waals surface area contributed by atoms with Crippen molar-refractivity contribution in [1.29, 1.82) is 0 Å². The summed E-state index contributed by atoms with van der Waals surface area (Å²) in [6.45, 7) is 8.00. The van der Waals surface area contributed by atoms with Crippen LogP contribution in [0.15, 0.2) is 0 Å². The molecule has 1 saturated heterocycles. The molecule has 1 fully saturated rings. The second-order valence-electron chi connectivity index (χ2n) is 4.98. The van der Waals surface area contributed by atoms with Crippen LogP contribution in [0.5, 0.6) is 0 Å². The second-order valence-corrected chi connectivity index (χ2v) is 4.98. The molecule has 0 aromatic heterocycles. The highest BCUT2D eigenvalue weighted by Crippen LogP contribution is 2.26. The third-order valence-corrected chi connectivity index (χ3v) is 2.70. The van der Waals surface area contributed by atoms with Crippen molar-refractivity contribution < 1.29 is 9.59 Å². The van der Waals surface area contributed by atoms with Gasteiger partial charge in [0.1, 0.15) is 0 Å². The van der Waals surface area contributed by atoms with Gasteiger partial charge in [0.2, 0.25) is 5.91 Å². The van der Waals surface area contributed by atoms with Crippen molar-refractivity contribution in [2.24, 2.45) is 5.41 Å². The van der Waals surface area contributed by atoms with Crippen LogP contribution < -0.4 is 0 Å². The fourth-order valence-electron chi connectivity index (χ4n) is 1.92. The van der Waals surface area contributed by atoms with Crippen molar-refractivity contribution in [3.05, 3.63) is 0 Å². The largest absolute Gasteiger partial charge is 0.333 e. The summed E-state index contributed by atoms with van der Waals surface area (Å²) >= 11 is 0. The fourth-order valence-corrected chi connectivity index (χ4v) is 1.92. The predicted molar refractivity (Wildman–Crippen MR) is 54.9 cm³/mol. The van der Waals surface area contributed by atoms with Gasteiger partial charge in [0, 0.05) is 18.9 Å². The standard InChI is InChI=1S/C11H19NO2/c1-8(13)12-7-5-6-9(12)10(14)11(2,3)4/h9H,5-7H2,1-4H3/t9-/m0/s1. The van der Waals surface area contributed by atoms with Crippen LogP contribution in [0.2, 0.25) is 0 Å². The number of carbonyl (C=O) groups is 2. The quantitative estimate of drug-likeness (QED) is 0.640. The Morgan fingerprint density at radius 3 is 2.29 bits per heavy atom. The second kappa shape index (κ2) is 3.71. The molecule has 0 radical (unpaired) electrons. The molecule has 3 nitrogen and oxygen atoms in total. The Kier molecular flexibility index (Phi) is 2.98. The molecular weight excluding hydrogens is 178 g/mol. The van der Waals surface area contributed by atoms with Crippen molar-refractivity contribution in [3.8, 4) is 0 Å². The number of carbonyl (C=O) groups excluding carboxylic acids is 2. The predicted octanol–water partition coefficient (Wildman–Crippen LogP) is 1.61. The minimum Gasteiger partial charge on any atom is -0.333 e. The van der Waals surface area contributed by atoms with Gasteiger partial charge in [0.25, 0.3) is 0 Å². The molecule has 0 unspecified atom stereocenters. The Morgan fingerprint density at radius 1 is 1.29 bits per heavy atom. The molecule has 0 saturated carbocycles. The summed E-state index contributed by atoms with van der Waals surface area (Å²) in [4.78, 5) is 25.0. The first kappa shape index (κ1) is 11.2. The summed E-state index contributed by atoms with van der Waals surface area (Å²) in [5.41, 5.74) is -0.345. The molecule has 1 amide bonds. The minimum absolute atomic E-state index is 0.0186. The summed E-state index contributed by atoms with van der Waals surface area (Å²) in [7, 11) is 0. The Hall–Kier alpha value is -0.860. The molecule has 0 bridgehead atoms. The van der Waals surface area contributed by atoms with Gasteiger partial charge in [-0.2, -0.15) is 0 Å². The van der Waals surface area contributed by atoms with Crippen molar-refractivity contribution in [3.63, 3.8) is 0 Å². The van der Waals surface area contributed by atoms with Gasteiger partial charge in [0.15, 0.2) is 5.78 Å². The lowest BCUT2D eigenvalue weighted by Crippen LogP contribution is -2.43. The van der Waals surface area contributed by atoms with Crippen LogP contribution in [-0.2, 0) is 9.59 Å². The molecule has 0 spiro atoms. The van der Waals surface area contributed by atoms with Crippen LogP contribution in [-0.4, -0.2) is 29.2 Å². The van der Waals surface area contributed by atoms with Gasteiger partial charge in [-0.25, -0.2) is 0 Å². The summed E-state index contributed by atoms with van der Waals surface area (Å²) in [5.74, 6) is 0.204. The molecule has 1 atom stereocenters. The summed E-state index contributed by atoms with van der Waals surface area (Å²) in [6, 6.07) is -0.174. The van der Waals surface area contributed by atoms with E-state index in [1.807, 2.05) is 20.8 Å².